The summed E-state index contributed by atoms with van der Waals surface area (Å²) in [5.74, 6) is 1.09. The van der Waals surface area contributed by atoms with E-state index < -0.39 is 0 Å². The maximum atomic E-state index is 5.30. The molecule has 2 rings (SSSR count). The lowest BCUT2D eigenvalue weighted by Crippen LogP contribution is -1.98. The first-order valence-electron chi connectivity index (χ1n) is 4.04. The second kappa shape index (κ2) is 3.88. The van der Waals surface area contributed by atoms with Crippen molar-refractivity contribution in [3.63, 3.8) is 0 Å². The Bertz CT molecular complexity index is 382. The first-order valence-corrected chi connectivity index (χ1v) is 4.04. The predicted molar refractivity (Wildman–Crippen MR) is 46.0 cm³/mol. The van der Waals surface area contributed by atoms with Crippen LogP contribution in [0, 0.1) is 0 Å². The average molecular weight is 195 g/mol. The molecule has 0 radical (unpaired) electrons. The van der Waals surface area contributed by atoms with Gasteiger partial charge in [-0.15, -0.1) is 5.10 Å². The number of anilines is 1. The van der Waals surface area contributed by atoms with Crippen molar-refractivity contribution in [3.8, 4) is 0 Å². The van der Waals surface area contributed by atoms with Crippen molar-refractivity contribution in [1.29, 1.82) is 0 Å². The molecule has 7 heteroatoms. The molecule has 2 aromatic rings. The molecule has 0 amide bonds. The maximum Gasteiger partial charge on any atom is 0.315 e. The van der Waals surface area contributed by atoms with Crippen LogP contribution < -0.4 is 11.1 Å². The maximum absolute atomic E-state index is 5.30. The molecule has 0 aliphatic carbocycles. The first kappa shape index (κ1) is 8.70. The Kier molecular flexibility index (Phi) is 2.41. The molecular weight excluding hydrogens is 186 g/mol. The first-order chi connectivity index (χ1) is 6.88. The van der Waals surface area contributed by atoms with Gasteiger partial charge in [0.15, 0.2) is 5.76 Å². The lowest BCUT2D eigenvalue weighted by molar-refractivity contribution is 0.386. The predicted octanol–water partition coefficient (Wildman–Crippen LogP) is 0.128. The zero-order valence-corrected chi connectivity index (χ0v) is 7.30. The minimum absolute atomic E-state index is 0.233. The molecule has 0 bridgehead atoms. The lowest BCUT2D eigenvalue weighted by atomic mass is 10.5. The molecule has 7 nitrogen and oxygen atoms in total. The van der Waals surface area contributed by atoms with Gasteiger partial charge in [0.05, 0.1) is 19.3 Å². The van der Waals surface area contributed by atoms with Gasteiger partial charge in [0.1, 0.15) is 0 Å². The summed E-state index contributed by atoms with van der Waals surface area (Å²) in [6.45, 7) is 0.684. The summed E-state index contributed by atoms with van der Waals surface area (Å²) >= 11 is 0. The summed E-state index contributed by atoms with van der Waals surface area (Å²) in [5.41, 5.74) is 5.30. The Morgan fingerprint density at radius 3 is 3.00 bits per heavy atom. The molecule has 0 spiro atoms. The smallest absolute Gasteiger partial charge is 0.315 e. The van der Waals surface area contributed by atoms with Crippen molar-refractivity contribution < 1.29 is 8.94 Å². The molecule has 0 saturated heterocycles. The zero-order chi connectivity index (χ0) is 9.80. The van der Waals surface area contributed by atoms with Gasteiger partial charge < -0.3 is 20.0 Å². The quantitative estimate of drug-likeness (QED) is 0.714. The molecule has 0 atom stereocenters. The third-order valence-corrected chi connectivity index (χ3v) is 1.55. The van der Waals surface area contributed by atoms with Crippen LogP contribution >= 0.6 is 0 Å². The fraction of sp³-hybridized carbons (Fsp3) is 0.286. The number of nitrogens with one attached hydrogen (secondary N) is 1. The summed E-state index contributed by atoms with van der Waals surface area (Å²) in [5, 5.41) is 13.8. The van der Waals surface area contributed by atoms with Crippen molar-refractivity contribution in [2.45, 2.75) is 13.1 Å². The number of hydrogen-bond donors (Lipinski definition) is 2. The van der Waals surface area contributed by atoms with Crippen LogP contribution in [0.25, 0.3) is 0 Å². The Balaban J connectivity index is 1.92. The fourth-order valence-corrected chi connectivity index (χ4v) is 0.904. The van der Waals surface area contributed by atoms with E-state index in [4.69, 9.17) is 14.7 Å². The third kappa shape index (κ3) is 1.88. The highest BCUT2D eigenvalue weighted by Gasteiger charge is 2.04. The minimum Gasteiger partial charge on any atom is -0.407 e. The SMILES string of the molecule is NCc1nnc(NCc2ccno2)o1. The fourth-order valence-electron chi connectivity index (χ4n) is 0.904. The molecule has 3 N–H and O–H groups in total. The molecule has 2 heterocycles. The number of nitrogens with zero attached hydrogens (tertiary/aromatic N) is 3. The average Bonchev–Trinajstić information content (AvgIpc) is 2.86. The Labute approximate surface area is 79.3 Å². The third-order valence-electron chi connectivity index (χ3n) is 1.55. The molecule has 0 unspecified atom stereocenters. The van der Waals surface area contributed by atoms with Crippen LogP contribution in [0.1, 0.15) is 11.7 Å². The van der Waals surface area contributed by atoms with E-state index in [1.54, 1.807) is 12.3 Å². The summed E-state index contributed by atoms with van der Waals surface area (Å²) in [6.07, 6.45) is 1.57. The standard InChI is InChI=1S/C7H9N5O2/c8-3-6-11-12-7(13-6)9-4-5-1-2-10-14-5/h1-2H,3-4,8H2,(H,9,12). The van der Waals surface area contributed by atoms with Crippen LogP contribution in [0.15, 0.2) is 21.2 Å². The highest BCUT2D eigenvalue weighted by atomic mass is 16.5. The Morgan fingerprint density at radius 1 is 1.43 bits per heavy atom. The summed E-state index contributed by atoms with van der Waals surface area (Å²) < 4.78 is 9.97. The minimum atomic E-state index is 0.233. The van der Waals surface area contributed by atoms with E-state index >= 15 is 0 Å². The van der Waals surface area contributed by atoms with E-state index in [0.29, 0.717) is 24.2 Å². The van der Waals surface area contributed by atoms with Crippen molar-refractivity contribution in [2.24, 2.45) is 5.73 Å². The molecule has 0 aromatic carbocycles. The Morgan fingerprint density at radius 2 is 2.36 bits per heavy atom. The summed E-state index contributed by atoms with van der Waals surface area (Å²) in [6, 6.07) is 2.06. The second-order valence-corrected chi connectivity index (χ2v) is 2.54. The largest absolute Gasteiger partial charge is 0.407 e. The van der Waals surface area contributed by atoms with Crippen molar-refractivity contribution >= 4 is 6.01 Å². The van der Waals surface area contributed by atoms with E-state index in [1.165, 1.54) is 0 Å². The molecule has 74 valence electrons. The zero-order valence-electron chi connectivity index (χ0n) is 7.30. The van der Waals surface area contributed by atoms with Crippen LogP contribution in [0.4, 0.5) is 6.01 Å². The van der Waals surface area contributed by atoms with Crippen LogP contribution in [0.5, 0.6) is 0 Å². The van der Waals surface area contributed by atoms with Gasteiger partial charge in [-0.3, -0.25) is 0 Å². The number of nitrogens with two attached hydrogens (primary N) is 1. The van der Waals surface area contributed by atoms with Crippen molar-refractivity contribution in [2.75, 3.05) is 5.32 Å². The van der Waals surface area contributed by atoms with Gasteiger partial charge in [0, 0.05) is 6.07 Å². The van der Waals surface area contributed by atoms with Gasteiger partial charge in [-0.2, -0.15) is 0 Å². The molecule has 2 aromatic heterocycles. The monoisotopic (exact) mass is 195 g/mol. The van der Waals surface area contributed by atoms with Crippen LogP contribution in [-0.4, -0.2) is 15.4 Å². The molecule has 0 fully saturated rings. The van der Waals surface area contributed by atoms with Crippen molar-refractivity contribution in [3.05, 3.63) is 23.9 Å². The normalized spacial score (nSPS) is 10.4. The van der Waals surface area contributed by atoms with Gasteiger partial charge in [-0.25, -0.2) is 0 Å². The summed E-state index contributed by atoms with van der Waals surface area (Å²) in [4.78, 5) is 0. The molecule has 0 saturated carbocycles. The van der Waals surface area contributed by atoms with Gasteiger partial charge in [0.25, 0.3) is 0 Å². The van der Waals surface area contributed by atoms with E-state index in [-0.39, 0.29) is 6.54 Å². The number of aromatic nitrogens is 3. The van der Waals surface area contributed by atoms with E-state index in [1.807, 2.05) is 0 Å². The van der Waals surface area contributed by atoms with Gasteiger partial charge in [0.2, 0.25) is 5.89 Å². The van der Waals surface area contributed by atoms with E-state index in [2.05, 4.69) is 20.7 Å². The van der Waals surface area contributed by atoms with Gasteiger partial charge in [-0.05, 0) is 0 Å². The molecular formula is C7H9N5O2. The van der Waals surface area contributed by atoms with E-state index in [0.717, 1.165) is 0 Å². The van der Waals surface area contributed by atoms with Gasteiger partial charge >= 0.3 is 6.01 Å². The molecule has 0 aliphatic heterocycles. The summed E-state index contributed by atoms with van der Waals surface area (Å²) in [7, 11) is 0. The number of rotatable bonds is 4. The van der Waals surface area contributed by atoms with Crippen LogP contribution in [0.3, 0.4) is 0 Å². The topological polar surface area (TPSA) is 103 Å². The van der Waals surface area contributed by atoms with Crippen LogP contribution in [-0.2, 0) is 13.1 Å². The molecule has 14 heavy (non-hydrogen) atoms. The lowest BCUT2D eigenvalue weighted by Gasteiger charge is -1.94. The number of hydrogen-bond acceptors (Lipinski definition) is 7. The van der Waals surface area contributed by atoms with E-state index in [9.17, 15) is 0 Å². The Hall–Kier alpha value is -1.89. The highest BCUT2D eigenvalue weighted by molar-refractivity contribution is 5.18. The second-order valence-electron chi connectivity index (χ2n) is 2.54. The van der Waals surface area contributed by atoms with Crippen molar-refractivity contribution in [1.82, 2.24) is 15.4 Å². The highest BCUT2D eigenvalue weighted by Crippen LogP contribution is 2.06. The van der Waals surface area contributed by atoms with Gasteiger partial charge in [-0.1, -0.05) is 10.3 Å². The molecule has 0 aliphatic rings. The van der Waals surface area contributed by atoms with Crippen LogP contribution in [0.2, 0.25) is 0 Å².